The molecular formula is C14H26BrN3. The Labute approximate surface area is 119 Å². The van der Waals surface area contributed by atoms with Crippen LogP contribution in [0.25, 0.3) is 0 Å². The highest BCUT2D eigenvalue weighted by molar-refractivity contribution is 9.10. The van der Waals surface area contributed by atoms with Crippen molar-refractivity contribution in [3.05, 3.63) is 15.9 Å². The number of aryl methyl sites for hydroxylation is 2. The Kier molecular flexibility index (Phi) is 5.41. The van der Waals surface area contributed by atoms with Gasteiger partial charge in [0, 0.05) is 19.5 Å². The normalized spacial score (nSPS) is 13.9. The van der Waals surface area contributed by atoms with E-state index in [0.717, 1.165) is 23.1 Å². The molecule has 1 atom stereocenters. The highest BCUT2D eigenvalue weighted by atomic mass is 79.9. The minimum absolute atomic E-state index is 0.285. The molecule has 1 heterocycles. The summed E-state index contributed by atoms with van der Waals surface area (Å²) in [6.45, 7) is 12.1. The Morgan fingerprint density at radius 3 is 2.39 bits per heavy atom. The maximum absolute atomic E-state index is 4.47. The lowest BCUT2D eigenvalue weighted by molar-refractivity contribution is 0.230. The van der Waals surface area contributed by atoms with Crippen molar-refractivity contribution in [3.8, 4) is 0 Å². The van der Waals surface area contributed by atoms with Crippen LogP contribution in [0.5, 0.6) is 0 Å². The molecule has 0 aromatic carbocycles. The average Bonchev–Trinajstić information content (AvgIpc) is 2.55. The van der Waals surface area contributed by atoms with Crippen molar-refractivity contribution in [2.45, 2.75) is 53.5 Å². The third-order valence-electron chi connectivity index (χ3n) is 3.96. The van der Waals surface area contributed by atoms with Crippen molar-refractivity contribution in [2.24, 2.45) is 12.5 Å². The number of nitrogens with one attached hydrogen (secondary N) is 1. The van der Waals surface area contributed by atoms with E-state index in [-0.39, 0.29) is 5.41 Å². The van der Waals surface area contributed by atoms with Gasteiger partial charge in [0.2, 0.25) is 0 Å². The van der Waals surface area contributed by atoms with Gasteiger partial charge in [-0.1, -0.05) is 27.7 Å². The number of hydrogen-bond donors (Lipinski definition) is 1. The van der Waals surface area contributed by atoms with E-state index in [1.54, 1.807) is 0 Å². The summed E-state index contributed by atoms with van der Waals surface area (Å²) in [5.74, 6) is 0. The number of nitrogens with zero attached hydrogens (tertiary/aromatic N) is 2. The molecule has 1 aromatic rings. The number of rotatable bonds is 6. The molecule has 104 valence electrons. The first-order valence-electron chi connectivity index (χ1n) is 6.74. The molecule has 0 fully saturated rings. The Morgan fingerprint density at radius 2 is 2.00 bits per heavy atom. The zero-order valence-electron chi connectivity index (χ0n) is 12.5. The maximum Gasteiger partial charge on any atom is 0.0738 e. The summed E-state index contributed by atoms with van der Waals surface area (Å²) < 4.78 is 3.15. The van der Waals surface area contributed by atoms with E-state index in [0.29, 0.717) is 6.04 Å². The molecule has 0 saturated heterocycles. The number of hydrogen-bond acceptors (Lipinski definition) is 2. The number of halogens is 1. The number of aromatic nitrogens is 2. The molecule has 1 unspecified atom stereocenters. The van der Waals surface area contributed by atoms with Crippen LogP contribution in [0.2, 0.25) is 0 Å². The molecule has 4 heteroatoms. The van der Waals surface area contributed by atoms with Crippen LogP contribution in [0, 0.1) is 12.3 Å². The van der Waals surface area contributed by atoms with Gasteiger partial charge in [0.05, 0.1) is 15.9 Å². The fourth-order valence-corrected chi connectivity index (χ4v) is 2.71. The molecule has 1 rings (SSSR count). The monoisotopic (exact) mass is 315 g/mol. The molecule has 0 aliphatic carbocycles. The van der Waals surface area contributed by atoms with Gasteiger partial charge in [0.15, 0.2) is 0 Å². The Morgan fingerprint density at radius 1 is 1.39 bits per heavy atom. The van der Waals surface area contributed by atoms with Crippen LogP contribution >= 0.6 is 15.9 Å². The fourth-order valence-electron chi connectivity index (χ4n) is 2.21. The van der Waals surface area contributed by atoms with Gasteiger partial charge in [-0.2, -0.15) is 5.10 Å². The predicted molar refractivity (Wildman–Crippen MR) is 80.9 cm³/mol. The molecule has 3 nitrogen and oxygen atoms in total. The van der Waals surface area contributed by atoms with E-state index in [2.05, 4.69) is 54.0 Å². The summed E-state index contributed by atoms with van der Waals surface area (Å²) in [6.07, 6.45) is 2.17. The van der Waals surface area contributed by atoms with Crippen molar-refractivity contribution >= 4 is 15.9 Å². The summed E-state index contributed by atoms with van der Waals surface area (Å²) in [5, 5.41) is 8.10. The second kappa shape index (κ2) is 6.20. The summed E-state index contributed by atoms with van der Waals surface area (Å²) in [6, 6.07) is 0.471. The third-order valence-corrected chi connectivity index (χ3v) is 5.00. The van der Waals surface area contributed by atoms with Gasteiger partial charge >= 0.3 is 0 Å². The lowest BCUT2D eigenvalue weighted by atomic mass is 9.79. The fraction of sp³-hybridized carbons (Fsp3) is 0.786. The SMILES string of the molecule is CCNC(Cc1c(Br)c(C)nn1C)C(C)(C)CC. The van der Waals surface area contributed by atoms with Gasteiger partial charge in [0.1, 0.15) is 0 Å². The smallest absolute Gasteiger partial charge is 0.0738 e. The molecule has 18 heavy (non-hydrogen) atoms. The third kappa shape index (κ3) is 3.35. The summed E-state index contributed by atoms with van der Waals surface area (Å²) in [5.41, 5.74) is 2.63. The van der Waals surface area contributed by atoms with Crippen LogP contribution in [0.1, 0.15) is 45.5 Å². The summed E-state index contributed by atoms with van der Waals surface area (Å²) in [7, 11) is 2.02. The highest BCUT2D eigenvalue weighted by Crippen LogP contribution is 2.30. The van der Waals surface area contributed by atoms with Crippen LogP contribution in [0.15, 0.2) is 4.47 Å². The molecule has 0 amide bonds. The van der Waals surface area contributed by atoms with Crippen molar-refractivity contribution in [3.63, 3.8) is 0 Å². The van der Waals surface area contributed by atoms with Gasteiger partial charge in [0.25, 0.3) is 0 Å². The predicted octanol–water partition coefficient (Wildman–Crippen LogP) is 3.45. The lowest BCUT2D eigenvalue weighted by Crippen LogP contribution is -2.43. The Balaban J connectivity index is 2.97. The van der Waals surface area contributed by atoms with Gasteiger partial charge in [-0.25, -0.2) is 0 Å². The molecule has 0 aliphatic rings. The van der Waals surface area contributed by atoms with Crippen LogP contribution < -0.4 is 5.32 Å². The molecule has 0 bridgehead atoms. The second-order valence-corrected chi connectivity index (χ2v) is 6.42. The largest absolute Gasteiger partial charge is 0.313 e. The molecule has 0 spiro atoms. The van der Waals surface area contributed by atoms with Gasteiger partial charge in [-0.05, 0) is 41.2 Å². The zero-order chi connectivity index (χ0) is 13.9. The summed E-state index contributed by atoms with van der Waals surface area (Å²) >= 11 is 3.66. The van der Waals surface area contributed by atoms with Gasteiger partial charge in [-0.15, -0.1) is 0 Å². The van der Waals surface area contributed by atoms with Crippen molar-refractivity contribution < 1.29 is 0 Å². The van der Waals surface area contributed by atoms with E-state index >= 15 is 0 Å². The minimum atomic E-state index is 0.285. The topological polar surface area (TPSA) is 29.9 Å². The van der Waals surface area contributed by atoms with Gasteiger partial charge < -0.3 is 5.32 Å². The van der Waals surface area contributed by atoms with Crippen LogP contribution in [-0.2, 0) is 13.5 Å². The Hall–Kier alpha value is -0.350. The standard InChI is InChI=1S/C14H26BrN3/c1-7-14(4,5)12(16-8-2)9-11-13(15)10(3)17-18(11)6/h12,16H,7-9H2,1-6H3. The van der Waals surface area contributed by atoms with E-state index in [9.17, 15) is 0 Å². The van der Waals surface area contributed by atoms with Crippen molar-refractivity contribution in [1.82, 2.24) is 15.1 Å². The van der Waals surface area contributed by atoms with Crippen LogP contribution in [0.4, 0.5) is 0 Å². The quantitative estimate of drug-likeness (QED) is 0.871. The lowest BCUT2D eigenvalue weighted by Gasteiger charge is -2.34. The molecular weight excluding hydrogens is 290 g/mol. The minimum Gasteiger partial charge on any atom is -0.313 e. The molecule has 1 aromatic heterocycles. The van der Waals surface area contributed by atoms with Crippen molar-refractivity contribution in [2.75, 3.05) is 6.54 Å². The zero-order valence-corrected chi connectivity index (χ0v) is 14.1. The van der Waals surface area contributed by atoms with E-state index in [1.165, 1.54) is 12.1 Å². The van der Waals surface area contributed by atoms with Crippen molar-refractivity contribution in [1.29, 1.82) is 0 Å². The maximum atomic E-state index is 4.47. The molecule has 1 N–H and O–H groups in total. The second-order valence-electron chi connectivity index (χ2n) is 5.63. The van der Waals surface area contributed by atoms with Crippen LogP contribution in [-0.4, -0.2) is 22.4 Å². The Bertz CT molecular complexity index is 396. The molecule has 0 aliphatic heterocycles. The summed E-state index contributed by atoms with van der Waals surface area (Å²) in [4.78, 5) is 0. The first kappa shape index (κ1) is 15.7. The van der Waals surface area contributed by atoms with Crippen LogP contribution in [0.3, 0.4) is 0 Å². The highest BCUT2D eigenvalue weighted by Gasteiger charge is 2.29. The average molecular weight is 316 g/mol. The first-order chi connectivity index (χ1) is 8.33. The first-order valence-corrected chi connectivity index (χ1v) is 7.54. The number of likely N-dealkylation sites (N-methyl/N-ethyl adjacent to an activating group) is 1. The van der Waals surface area contributed by atoms with Gasteiger partial charge in [-0.3, -0.25) is 4.68 Å². The van der Waals surface area contributed by atoms with E-state index in [1.807, 2.05) is 18.7 Å². The van der Waals surface area contributed by atoms with E-state index < -0.39 is 0 Å². The molecule has 0 saturated carbocycles. The van der Waals surface area contributed by atoms with E-state index in [4.69, 9.17) is 0 Å². The molecule has 0 radical (unpaired) electrons.